The first-order chi connectivity index (χ1) is 8.64. The molecule has 0 aromatic carbocycles. The van der Waals surface area contributed by atoms with Gasteiger partial charge in [0.05, 0.1) is 10.8 Å². The highest BCUT2D eigenvalue weighted by Crippen LogP contribution is 2.35. The summed E-state index contributed by atoms with van der Waals surface area (Å²) in [7, 11) is 0. The van der Waals surface area contributed by atoms with Crippen LogP contribution in [0.1, 0.15) is 80.1 Å². The van der Waals surface area contributed by atoms with Gasteiger partial charge in [0.15, 0.2) is 5.17 Å². The maximum atomic E-state index is 11.9. The number of hydrogen-bond acceptors (Lipinski definition) is 3. The van der Waals surface area contributed by atoms with Crippen LogP contribution in [0.5, 0.6) is 0 Å². The molecule has 1 unspecified atom stereocenters. The number of amidine groups is 1. The molecule has 20 heavy (non-hydrogen) atoms. The molecule has 0 aromatic rings. The molecule has 1 atom stereocenters. The van der Waals surface area contributed by atoms with Gasteiger partial charge < -0.3 is 5.32 Å². The molecule has 4 heteroatoms. The molecule has 0 spiro atoms. The van der Waals surface area contributed by atoms with Crippen molar-refractivity contribution in [3.8, 4) is 0 Å². The van der Waals surface area contributed by atoms with E-state index in [0.717, 1.165) is 11.6 Å². The zero-order valence-corrected chi connectivity index (χ0v) is 12.3. The second kappa shape index (κ2) is 8.71. The van der Waals surface area contributed by atoms with Gasteiger partial charge >= 0.3 is 0 Å². The van der Waals surface area contributed by atoms with E-state index in [1.165, 1.54) is 44.9 Å². The maximum absolute atomic E-state index is 11.9. The number of rotatable bonds is 2. The summed E-state index contributed by atoms with van der Waals surface area (Å²) < 4.78 is -0.305. The van der Waals surface area contributed by atoms with Crippen LogP contribution in [0.2, 0.25) is 0 Å². The molecule has 1 aliphatic carbocycles. The Labute approximate surface area is 129 Å². The van der Waals surface area contributed by atoms with Crippen LogP contribution < -0.4 is 5.32 Å². The maximum Gasteiger partial charge on any atom is 0.242 e. The zero-order chi connectivity index (χ0) is 13.0. The highest BCUT2D eigenvalue weighted by Gasteiger charge is 2.40. The predicted octanol–water partition coefficient (Wildman–Crippen LogP) is 4.76. The van der Waals surface area contributed by atoms with E-state index in [1.807, 2.05) is 6.92 Å². The Bertz CT molecular complexity index is 335. The average molecular weight is 301 g/mol. The van der Waals surface area contributed by atoms with Gasteiger partial charge in [-0.2, -0.15) is 0 Å². The molecular weight excluding hydrogens is 268 g/mol. The van der Waals surface area contributed by atoms with Crippen LogP contribution in [-0.4, -0.2) is 21.9 Å². The van der Waals surface area contributed by atoms with E-state index < -0.39 is 0 Å². The Morgan fingerprint density at radius 2 is 1.75 bits per heavy atom. The third kappa shape index (κ3) is 4.80. The zero-order valence-electron chi connectivity index (χ0n) is 11.5. The molecule has 1 aliphatic heterocycles. The van der Waals surface area contributed by atoms with E-state index in [1.54, 1.807) is 11.8 Å². The van der Waals surface area contributed by atoms with Crippen LogP contribution in [0.15, 0.2) is 4.99 Å². The van der Waals surface area contributed by atoms with Gasteiger partial charge in [-0.05, 0) is 26.2 Å². The number of hydrogen-bond donors (Lipinski definition) is 1. The van der Waals surface area contributed by atoms with Crippen molar-refractivity contribution >= 4 is 22.8 Å². The van der Waals surface area contributed by atoms with E-state index in [4.69, 9.17) is 4.99 Å². The van der Waals surface area contributed by atoms with E-state index >= 15 is 0 Å². The third-order valence-electron chi connectivity index (χ3n) is 4.07. The first kappa shape index (κ1) is 19.5. The minimum Gasteiger partial charge on any atom is -0.304 e. The summed E-state index contributed by atoms with van der Waals surface area (Å²) in [5.41, 5.74) is 0. The Kier molecular flexibility index (Phi) is 8.48. The summed E-state index contributed by atoms with van der Waals surface area (Å²) >= 11 is 1.62. The summed E-state index contributed by atoms with van der Waals surface area (Å²) in [6.45, 7) is 4.07. The van der Waals surface area contributed by atoms with Crippen molar-refractivity contribution in [2.24, 2.45) is 4.99 Å². The van der Waals surface area contributed by atoms with Gasteiger partial charge in [0, 0.05) is 0 Å². The van der Waals surface area contributed by atoms with Gasteiger partial charge in [0.1, 0.15) is 0 Å². The number of carbonyl (C=O) groups is 1. The smallest absolute Gasteiger partial charge is 0.242 e. The normalized spacial score (nSPS) is 29.9. The molecule has 2 fully saturated rings. The number of thioether (sulfide) groups is 1. The molecule has 2 aliphatic rings. The van der Waals surface area contributed by atoms with Crippen molar-refractivity contribution in [3.05, 3.63) is 0 Å². The van der Waals surface area contributed by atoms with Crippen LogP contribution in [0.4, 0.5) is 0 Å². The lowest BCUT2D eigenvalue weighted by Crippen LogP contribution is -2.33. The van der Waals surface area contributed by atoms with E-state index in [2.05, 4.69) is 12.2 Å². The van der Waals surface area contributed by atoms with Gasteiger partial charge in [0.25, 0.3) is 0 Å². The molecule has 1 heterocycles. The SMILES string of the molecule is C.C.CCC1(C)SC(=NC2CCCCCCC2)NC1=O. The fourth-order valence-corrected chi connectivity index (χ4v) is 3.60. The molecule has 3 nitrogen and oxygen atoms in total. The van der Waals surface area contributed by atoms with Crippen LogP contribution >= 0.6 is 11.8 Å². The van der Waals surface area contributed by atoms with Gasteiger partial charge in [0.2, 0.25) is 5.91 Å². The molecule has 1 amide bonds. The molecule has 0 aromatic heterocycles. The van der Waals surface area contributed by atoms with Gasteiger partial charge in [-0.1, -0.05) is 65.6 Å². The number of nitrogens with zero attached hydrogens (tertiary/aromatic N) is 1. The van der Waals surface area contributed by atoms with Crippen molar-refractivity contribution in [1.82, 2.24) is 5.32 Å². The second-order valence-corrected chi connectivity index (χ2v) is 7.07. The first-order valence-electron chi connectivity index (χ1n) is 7.22. The average Bonchev–Trinajstić information content (AvgIpc) is 2.59. The van der Waals surface area contributed by atoms with Crippen molar-refractivity contribution < 1.29 is 4.79 Å². The van der Waals surface area contributed by atoms with Crippen LogP contribution in [0.25, 0.3) is 0 Å². The third-order valence-corrected chi connectivity index (χ3v) is 5.40. The van der Waals surface area contributed by atoms with Crippen molar-refractivity contribution in [2.45, 2.75) is 90.9 Å². The predicted molar refractivity (Wildman–Crippen MR) is 91.4 cm³/mol. The molecular formula is C16H32N2OS. The highest BCUT2D eigenvalue weighted by molar-refractivity contribution is 8.16. The largest absolute Gasteiger partial charge is 0.304 e. The number of nitrogens with one attached hydrogen (secondary N) is 1. The van der Waals surface area contributed by atoms with Crippen LogP contribution in [0.3, 0.4) is 0 Å². The number of amides is 1. The van der Waals surface area contributed by atoms with Crippen LogP contribution in [-0.2, 0) is 4.79 Å². The summed E-state index contributed by atoms with van der Waals surface area (Å²) in [6.07, 6.45) is 9.85. The van der Waals surface area contributed by atoms with Crippen molar-refractivity contribution in [1.29, 1.82) is 0 Å². The van der Waals surface area contributed by atoms with E-state index in [0.29, 0.717) is 6.04 Å². The molecule has 0 radical (unpaired) electrons. The molecule has 1 N–H and O–H groups in total. The van der Waals surface area contributed by atoms with Crippen LogP contribution in [0, 0.1) is 0 Å². The van der Waals surface area contributed by atoms with Gasteiger partial charge in [-0.15, -0.1) is 0 Å². The molecule has 1 saturated carbocycles. The minimum absolute atomic E-state index is 0. The van der Waals surface area contributed by atoms with Crippen molar-refractivity contribution in [3.63, 3.8) is 0 Å². The Morgan fingerprint density at radius 1 is 1.20 bits per heavy atom. The Morgan fingerprint density at radius 3 is 2.25 bits per heavy atom. The second-order valence-electron chi connectivity index (χ2n) is 5.57. The topological polar surface area (TPSA) is 41.5 Å². The summed E-state index contributed by atoms with van der Waals surface area (Å²) in [5.74, 6) is 0.125. The summed E-state index contributed by atoms with van der Waals surface area (Å²) in [6, 6.07) is 0.423. The quantitative estimate of drug-likeness (QED) is 0.799. The number of carbonyl (C=O) groups excluding carboxylic acids is 1. The Hall–Kier alpha value is -0.510. The van der Waals surface area contributed by atoms with Gasteiger partial charge in [-0.3, -0.25) is 9.79 Å². The van der Waals surface area contributed by atoms with Gasteiger partial charge in [-0.25, -0.2) is 0 Å². The van der Waals surface area contributed by atoms with Crippen molar-refractivity contribution in [2.75, 3.05) is 0 Å². The Balaban J connectivity index is 0.00000180. The monoisotopic (exact) mass is 300 g/mol. The van der Waals surface area contributed by atoms with E-state index in [9.17, 15) is 4.79 Å². The fourth-order valence-electron chi connectivity index (χ4n) is 2.54. The fraction of sp³-hybridized carbons (Fsp3) is 0.875. The lowest BCUT2D eigenvalue weighted by atomic mass is 9.97. The molecule has 118 valence electrons. The first-order valence-corrected chi connectivity index (χ1v) is 8.04. The molecule has 1 saturated heterocycles. The highest BCUT2D eigenvalue weighted by atomic mass is 32.2. The minimum atomic E-state index is -0.305. The summed E-state index contributed by atoms with van der Waals surface area (Å²) in [4.78, 5) is 16.7. The lowest BCUT2D eigenvalue weighted by molar-refractivity contribution is -0.121. The number of aliphatic imine (C=N–C) groups is 1. The lowest BCUT2D eigenvalue weighted by Gasteiger charge is -2.17. The van der Waals surface area contributed by atoms with E-state index in [-0.39, 0.29) is 25.5 Å². The molecule has 2 rings (SSSR count). The molecule has 0 bridgehead atoms. The summed E-state index contributed by atoms with van der Waals surface area (Å²) in [5, 5.41) is 3.81. The standard InChI is InChI=1S/C14H24N2OS.2CH4/c1-3-14(2)12(17)16-13(18-14)15-11-9-7-5-4-6-8-10-11;;/h11H,3-10H2,1-2H3,(H,15,16,17);2*1H4.